The van der Waals surface area contributed by atoms with Gasteiger partial charge in [0.05, 0.1) is 6.54 Å². The van der Waals surface area contributed by atoms with E-state index in [0.717, 1.165) is 27.3 Å². The standard InChI is InChI=1S/C16H18ClN3O3S/c17-13-3-1-12(2-4-13)11-24-10-8-18-14(21)7-9-20-16(23)6-5-15(22)19-20/h1-6H,7-11H2,(H,18,21)(H,19,22). The number of benzene rings is 1. The number of halogens is 1. The van der Waals surface area contributed by atoms with Gasteiger partial charge in [0.15, 0.2) is 0 Å². The van der Waals surface area contributed by atoms with Crippen LogP contribution in [0.3, 0.4) is 0 Å². The molecule has 0 aliphatic rings. The molecule has 0 spiro atoms. The van der Waals surface area contributed by atoms with Crippen molar-refractivity contribution in [1.82, 2.24) is 15.1 Å². The zero-order chi connectivity index (χ0) is 17.4. The maximum atomic E-state index is 11.7. The Balaban J connectivity index is 1.63. The van der Waals surface area contributed by atoms with Crippen LogP contribution in [0.5, 0.6) is 0 Å². The summed E-state index contributed by atoms with van der Waals surface area (Å²) >= 11 is 7.54. The van der Waals surface area contributed by atoms with Crippen LogP contribution in [0.4, 0.5) is 0 Å². The van der Waals surface area contributed by atoms with Crippen molar-refractivity contribution in [2.24, 2.45) is 0 Å². The smallest absolute Gasteiger partial charge is 0.265 e. The number of hydrogen-bond donors (Lipinski definition) is 2. The molecule has 0 saturated heterocycles. The predicted molar refractivity (Wildman–Crippen MR) is 96.6 cm³/mol. The second kappa shape index (κ2) is 9.34. The molecule has 0 unspecified atom stereocenters. The van der Waals surface area contributed by atoms with Crippen LogP contribution in [-0.4, -0.2) is 28.0 Å². The summed E-state index contributed by atoms with van der Waals surface area (Å²) in [4.78, 5) is 34.4. The van der Waals surface area contributed by atoms with E-state index in [-0.39, 0.29) is 30.0 Å². The average Bonchev–Trinajstić information content (AvgIpc) is 2.57. The Morgan fingerprint density at radius 2 is 1.92 bits per heavy atom. The van der Waals surface area contributed by atoms with Gasteiger partial charge in [0.2, 0.25) is 5.91 Å². The quantitative estimate of drug-likeness (QED) is 0.694. The van der Waals surface area contributed by atoms with Crippen molar-refractivity contribution in [3.05, 3.63) is 67.7 Å². The molecule has 24 heavy (non-hydrogen) atoms. The minimum Gasteiger partial charge on any atom is -0.355 e. The van der Waals surface area contributed by atoms with Crippen molar-refractivity contribution in [1.29, 1.82) is 0 Å². The number of nitrogens with one attached hydrogen (secondary N) is 2. The number of nitrogens with zero attached hydrogens (tertiary/aromatic N) is 1. The summed E-state index contributed by atoms with van der Waals surface area (Å²) in [6, 6.07) is 10.0. The molecule has 128 valence electrons. The van der Waals surface area contributed by atoms with E-state index >= 15 is 0 Å². The highest BCUT2D eigenvalue weighted by atomic mass is 35.5. The number of thioether (sulfide) groups is 1. The van der Waals surface area contributed by atoms with Gasteiger partial charge in [-0.1, -0.05) is 23.7 Å². The van der Waals surface area contributed by atoms with Gasteiger partial charge < -0.3 is 5.32 Å². The monoisotopic (exact) mass is 367 g/mol. The fraction of sp³-hybridized carbons (Fsp3) is 0.312. The lowest BCUT2D eigenvalue weighted by molar-refractivity contribution is -0.121. The highest BCUT2D eigenvalue weighted by Gasteiger charge is 2.03. The summed E-state index contributed by atoms with van der Waals surface area (Å²) in [5, 5.41) is 5.90. The predicted octanol–water partition coefficient (Wildman–Crippen LogP) is 1.63. The van der Waals surface area contributed by atoms with Gasteiger partial charge in [-0.25, -0.2) is 4.68 Å². The number of aromatic amines is 1. The fourth-order valence-corrected chi connectivity index (χ4v) is 2.91. The van der Waals surface area contributed by atoms with Crippen LogP contribution in [-0.2, 0) is 17.1 Å². The molecule has 1 amide bonds. The van der Waals surface area contributed by atoms with Crippen molar-refractivity contribution >= 4 is 29.3 Å². The van der Waals surface area contributed by atoms with Gasteiger partial charge in [0.1, 0.15) is 0 Å². The molecule has 2 aromatic rings. The van der Waals surface area contributed by atoms with Crippen LogP contribution in [0.25, 0.3) is 0 Å². The minimum atomic E-state index is -0.367. The molecule has 0 bridgehead atoms. The number of rotatable bonds is 8. The van der Waals surface area contributed by atoms with E-state index in [0.29, 0.717) is 6.54 Å². The van der Waals surface area contributed by atoms with Crippen molar-refractivity contribution in [2.75, 3.05) is 12.3 Å². The molecule has 1 aromatic heterocycles. The highest BCUT2D eigenvalue weighted by molar-refractivity contribution is 7.98. The van der Waals surface area contributed by atoms with E-state index < -0.39 is 0 Å². The van der Waals surface area contributed by atoms with Crippen molar-refractivity contribution in [3.8, 4) is 0 Å². The molecule has 0 radical (unpaired) electrons. The van der Waals surface area contributed by atoms with Crippen molar-refractivity contribution < 1.29 is 4.79 Å². The Morgan fingerprint density at radius 3 is 2.67 bits per heavy atom. The van der Waals surface area contributed by atoms with Crippen LogP contribution < -0.4 is 16.4 Å². The molecule has 0 fully saturated rings. The Morgan fingerprint density at radius 1 is 1.17 bits per heavy atom. The summed E-state index contributed by atoms with van der Waals surface area (Å²) in [7, 11) is 0. The molecular formula is C16H18ClN3O3S. The third kappa shape index (κ3) is 6.25. The summed E-state index contributed by atoms with van der Waals surface area (Å²) in [5.41, 5.74) is 0.484. The Kier molecular flexibility index (Phi) is 7.14. The van der Waals surface area contributed by atoms with E-state index in [4.69, 9.17) is 11.6 Å². The van der Waals surface area contributed by atoms with Gasteiger partial charge in [-0.3, -0.25) is 19.5 Å². The number of hydrogen-bond acceptors (Lipinski definition) is 4. The first kappa shape index (κ1) is 18.4. The summed E-state index contributed by atoms with van der Waals surface area (Å²) < 4.78 is 1.14. The van der Waals surface area contributed by atoms with Gasteiger partial charge >= 0.3 is 0 Å². The molecule has 2 rings (SSSR count). The third-order valence-electron chi connectivity index (χ3n) is 3.20. The normalized spacial score (nSPS) is 10.5. The number of amides is 1. The van der Waals surface area contributed by atoms with Crippen molar-refractivity contribution in [3.63, 3.8) is 0 Å². The van der Waals surface area contributed by atoms with Crippen LogP contribution >= 0.6 is 23.4 Å². The molecule has 0 aliphatic carbocycles. The number of aromatic nitrogens is 2. The fourth-order valence-electron chi connectivity index (χ4n) is 1.96. The van der Waals surface area contributed by atoms with Crippen LogP contribution in [0.1, 0.15) is 12.0 Å². The molecule has 1 aromatic carbocycles. The molecule has 0 saturated carbocycles. The lowest BCUT2D eigenvalue weighted by atomic mass is 10.2. The second-order valence-electron chi connectivity index (χ2n) is 5.08. The Bertz CT molecular complexity index is 786. The molecular weight excluding hydrogens is 350 g/mol. The Labute approximate surface area is 148 Å². The van der Waals surface area contributed by atoms with Gasteiger partial charge in [0, 0.05) is 41.6 Å². The maximum Gasteiger partial charge on any atom is 0.265 e. The van der Waals surface area contributed by atoms with E-state index in [9.17, 15) is 14.4 Å². The summed E-state index contributed by atoms with van der Waals surface area (Å²) in [6.07, 6.45) is 0.141. The number of aryl methyl sites for hydroxylation is 1. The number of carbonyl (C=O) groups is 1. The molecule has 8 heteroatoms. The molecule has 1 heterocycles. The van der Waals surface area contributed by atoms with Crippen LogP contribution in [0.2, 0.25) is 5.02 Å². The van der Waals surface area contributed by atoms with Gasteiger partial charge in [-0.15, -0.1) is 0 Å². The van der Waals surface area contributed by atoms with Crippen LogP contribution in [0.15, 0.2) is 46.0 Å². The summed E-state index contributed by atoms with van der Waals surface area (Å²) in [6.45, 7) is 0.704. The zero-order valence-electron chi connectivity index (χ0n) is 13.0. The van der Waals surface area contributed by atoms with Gasteiger partial charge in [-0.05, 0) is 17.7 Å². The van der Waals surface area contributed by atoms with E-state index in [2.05, 4.69) is 10.4 Å². The third-order valence-corrected chi connectivity index (χ3v) is 4.48. The lowest BCUT2D eigenvalue weighted by Crippen LogP contribution is -2.32. The molecule has 2 N–H and O–H groups in total. The van der Waals surface area contributed by atoms with E-state index in [1.54, 1.807) is 11.8 Å². The first-order valence-corrected chi connectivity index (χ1v) is 8.97. The largest absolute Gasteiger partial charge is 0.355 e. The number of H-pyrrole nitrogens is 1. The minimum absolute atomic E-state index is 0.141. The highest BCUT2D eigenvalue weighted by Crippen LogP contribution is 2.14. The average molecular weight is 368 g/mol. The zero-order valence-corrected chi connectivity index (χ0v) is 14.5. The van der Waals surface area contributed by atoms with Crippen molar-refractivity contribution in [2.45, 2.75) is 18.7 Å². The molecule has 0 aliphatic heterocycles. The van der Waals surface area contributed by atoms with Gasteiger partial charge in [-0.2, -0.15) is 11.8 Å². The second-order valence-corrected chi connectivity index (χ2v) is 6.62. The van der Waals surface area contributed by atoms with Gasteiger partial charge in [0.25, 0.3) is 11.1 Å². The Hall–Kier alpha value is -1.99. The first-order chi connectivity index (χ1) is 11.5. The summed E-state index contributed by atoms with van der Waals surface area (Å²) in [5.74, 6) is 1.49. The first-order valence-electron chi connectivity index (χ1n) is 7.43. The topological polar surface area (TPSA) is 84.0 Å². The maximum absolute atomic E-state index is 11.7. The van der Waals surface area contributed by atoms with E-state index in [1.807, 2.05) is 24.3 Å². The molecule has 6 nitrogen and oxygen atoms in total. The lowest BCUT2D eigenvalue weighted by Gasteiger charge is -2.07. The van der Waals surface area contributed by atoms with E-state index in [1.165, 1.54) is 11.6 Å². The van der Waals surface area contributed by atoms with Crippen LogP contribution in [0, 0.1) is 0 Å². The SMILES string of the molecule is O=C(CCn1[nH]c(=O)ccc1=O)NCCSCc1ccc(Cl)cc1. The molecule has 0 atom stereocenters. The number of carbonyl (C=O) groups excluding carboxylic acids is 1.